The zero-order chi connectivity index (χ0) is 13.4. The zero-order valence-electron chi connectivity index (χ0n) is 11.1. The summed E-state index contributed by atoms with van der Waals surface area (Å²) in [4.78, 5) is 4.58. The molecule has 0 saturated heterocycles. The van der Waals surface area contributed by atoms with Gasteiger partial charge in [-0.25, -0.2) is 4.98 Å². The molecule has 1 N–H and O–H groups in total. The van der Waals surface area contributed by atoms with Gasteiger partial charge in [-0.15, -0.1) is 10.2 Å². The van der Waals surface area contributed by atoms with Crippen LogP contribution in [-0.2, 0) is 7.05 Å². The summed E-state index contributed by atoms with van der Waals surface area (Å²) < 4.78 is 3.11. The first-order chi connectivity index (χ1) is 9.13. The number of aromatic nitrogens is 4. The Hall–Kier alpha value is -1.95. The van der Waals surface area contributed by atoms with E-state index in [0.717, 1.165) is 16.5 Å². The van der Waals surface area contributed by atoms with Gasteiger partial charge in [0.25, 0.3) is 0 Å². The largest absolute Gasteiger partial charge is 0.352 e. The van der Waals surface area contributed by atoms with Crippen molar-refractivity contribution in [1.82, 2.24) is 19.7 Å². The molecule has 1 unspecified atom stereocenters. The van der Waals surface area contributed by atoms with Crippen LogP contribution in [0.5, 0.6) is 0 Å². The molecule has 1 aromatic carbocycles. The highest BCUT2D eigenvalue weighted by atomic mass is 32.1. The zero-order valence-corrected chi connectivity index (χ0v) is 11.9. The van der Waals surface area contributed by atoms with Crippen LogP contribution < -0.4 is 5.32 Å². The summed E-state index contributed by atoms with van der Waals surface area (Å²) in [5.41, 5.74) is 2.28. The lowest BCUT2D eigenvalue weighted by Crippen LogP contribution is -2.11. The number of anilines is 1. The molecule has 0 saturated carbocycles. The molecule has 6 heteroatoms. The minimum Gasteiger partial charge on any atom is -0.352 e. The van der Waals surface area contributed by atoms with Crippen molar-refractivity contribution in [3.05, 3.63) is 35.9 Å². The number of benzene rings is 1. The summed E-state index contributed by atoms with van der Waals surface area (Å²) >= 11 is 1.66. The molecule has 2 heterocycles. The van der Waals surface area contributed by atoms with Crippen LogP contribution in [0.25, 0.3) is 10.2 Å². The fraction of sp³-hybridized carbons (Fsp3) is 0.308. The van der Waals surface area contributed by atoms with E-state index in [1.54, 1.807) is 17.7 Å². The van der Waals surface area contributed by atoms with Crippen molar-refractivity contribution in [2.45, 2.75) is 19.9 Å². The summed E-state index contributed by atoms with van der Waals surface area (Å²) in [5, 5.41) is 12.3. The molecule has 0 fully saturated rings. The fourth-order valence-corrected chi connectivity index (χ4v) is 3.08. The van der Waals surface area contributed by atoms with Crippen molar-refractivity contribution in [2.75, 3.05) is 5.32 Å². The average Bonchev–Trinajstić information content (AvgIpc) is 2.94. The molecule has 2 aromatic heterocycles. The predicted molar refractivity (Wildman–Crippen MR) is 77.4 cm³/mol. The van der Waals surface area contributed by atoms with Crippen LogP contribution in [0.4, 0.5) is 5.13 Å². The van der Waals surface area contributed by atoms with E-state index in [1.807, 2.05) is 11.6 Å². The quantitative estimate of drug-likeness (QED) is 0.797. The molecule has 19 heavy (non-hydrogen) atoms. The summed E-state index contributed by atoms with van der Waals surface area (Å²) in [6, 6.07) is 6.37. The van der Waals surface area contributed by atoms with E-state index in [0.29, 0.717) is 0 Å². The molecular formula is C13H15N5S. The van der Waals surface area contributed by atoms with Crippen molar-refractivity contribution >= 4 is 26.7 Å². The minimum atomic E-state index is 0.0779. The van der Waals surface area contributed by atoms with Crippen LogP contribution >= 0.6 is 11.3 Å². The van der Waals surface area contributed by atoms with Crippen LogP contribution in [0.15, 0.2) is 24.5 Å². The monoisotopic (exact) mass is 273 g/mol. The van der Waals surface area contributed by atoms with Gasteiger partial charge in [0.15, 0.2) is 11.0 Å². The van der Waals surface area contributed by atoms with Gasteiger partial charge in [0.05, 0.1) is 16.3 Å². The van der Waals surface area contributed by atoms with Gasteiger partial charge in [-0.2, -0.15) is 0 Å². The molecule has 5 nitrogen and oxygen atoms in total. The van der Waals surface area contributed by atoms with E-state index in [2.05, 4.69) is 52.5 Å². The number of thiazole rings is 1. The van der Waals surface area contributed by atoms with Crippen molar-refractivity contribution in [3.63, 3.8) is 0 Å². The number of hydrogen-bond acceptors (Lipinski definition) is 5. The predicted octanol–water partition coefficient (Wildman–Crippen LogP) is 2.91. The molecule has 0 aliphatic rings. The smallest absolute Gasteiger partial charge is 0.184 e. The van der Waals surface area contributed by atoms with Gasteiger partial charge in [0.2, 0.25) is 0 Å². The number of aryl methyl sites for hydroxylation is 2. The number of rotatable bonds is 3. The number of nitrogens with one attached hydrogen (secondary N) is 1. The second-order valence-electron chi connectivity index (χ2n) is 4.66. The summed E-state index contributed by atoms with van der Waals surface area (Å²) in [7, 11) is 1.94. The van der Waals surface area contributed by atoms with Crippen molar-refractivity contribution in [2.24, 2.45) is 7.05 Å². The first kappa shape index (κ1) is 12.1. The van der Waals surface area contributed by atoms with E-state index in [4.69, 9.17) is 0 Å². The topological polar surface area (TPSA) is 55.6 Å². The summed E-state index contributed by atoms with van der Waals surface area (Å²) in [6.07, 6.45) is 1.70. The third kappa shape index (κ3) is 2.31. The summed E-state index contributed by atoms with van der Waals surface area (Å²) in [5.74, 6) is 0.899. The minimum absolute atomic E-state index is 0.0779. The molecule has 3 rings (SSSR count). The maximum absolute atomic E-state index is 4.58. The van der Waals surface area contributed by atoms with Crippen LogP contribution in [0, 0.1) is 6.92 Å². The molecule has 0 amide bonds. The van der Waals surface area contributed by atoms with E-state index in [9.17, 15) is 0 Å². The van der Waals surface area contributed by atoms with Crippen LogP contribution in [0.2, 0.25) is 0 Å². The Bertz CT molecular complexity index is 715. The highest BCUT2D eigenvalue weighted by Gasteiger charge is 2.13. The second-order valence-corrected chi connectivity index (χ2v) is 5.69. The normalized spacial score (nSPS) is 12.8. The Morgan fingerprint density at radius 2 is 2.21 bits per heavy atom. The van der Waals surface area contributed by atoms with E-state index >= 15 is 0 Å². The Morgan fingerprint density at radius 3 is 2.95 bits per heavy atom. The van der Waals surface area contributed by atoms with Gasteiger partial charge in [-0.05, 0) is 31.5 Å². The van der Waals surface area contributed by atoms with E-state index in [-0.39, 0.29) is 6.04 Å². The Balaban J connectivity index is 1.87. The van der Waals surface area contributed by atoms with Crippen LogP contribution in [0.1, 0.15) is 24.4 Å². The lowest BCUT2D eigenvalue weighted by atomic mass is 10.2. The lowest BCUT2D eigenvalue weighted by molar-refractivity contribution is 0.719. The first-order valence-corrected chi connectivity index (χ1v) is 6.93. The fourth-order valence-electron chi connectivity index (χ4n) is 2.03. The molecule has 3 aromatic rings. The molecular weight excluding hydrogens is 258 g/mol. The number of fused-ring (bicyclic) bond motifs is 1. The molecule has 0 aliphatic carbocycles. The third-order valence-corrected chi connectivity index (χ3v) is 3.97. The first-order valence-electron chi connectivity index (χ1n) is 6.11. The Kier molecular flexibility index (Phi) is 2.94. The van der Waals surface area contributed by atoms with E-state index in [1.165, 1.54) is 10.3 Å². The SMILES string of the molecule is Cc1ccc2nc(NC(C)c3nncn3C)sc2c1. The van der Waals surface area contributed by atoms with Crippen LogP contribution in [-0.4, -0.2) is 19.7 Å². The molecule has 0 spiro atoms. The standard InChI is InChI=1S/C13H15N5S/c1-8-4-5-10-11(6-8)19-13(16-10)15-9(2)12-17-14-7-18(12)3/h4-7,9H,1-3H3,(H,15,16). The average molecular weight is 273 g/mol. The van der Waals surface area contributed by atoms with Crippen LogP contribution in [0.3, 0.4) is 0 Å². The highest BCUT2D eigenvalue weighted by molar-refractivity contribution is 7.22. The maximum Gasteiger partial charge on any atom is 0.184 e. The number of hydrogen-bond donors (Lipinski definition) is 1. The third-order valence-electron chi connectivity index (χ3n) is 3.02. The molecule has 0 radical (unpaired) electrons. The van der Waals surface area contributed by atoms with Gasteiger partial charge >= 0.3 is 0 Å². The van der Waals surface area contributed by atoms with Gasteiger partial charge in [-0.1, -0.05) is 17.4 Å². The van der Waals surface area contributed by atoms with E-state index < -0.39 is 0 Å². The number of nitrogens with zero attached hydrogens (tertiary/aromatic N) is 4. The van der Waals surface area contributed by atoms with Crippen molar-refractivity contribution < 1.29 is 0 Å². The Labute approximate surface area is 115 Å². The van der Waals surface area contributed by atoms with Crippen molar-refractivity contribution in [3.8, 4) is 0 Å². The summed E-state index contributed by atoms with van der Waals surface area (Å²) in [6.45, 7) is 4.15. The lowest BCUT2D eigenvalue weighted by Gasteiger charge is -2.11. The second kappa shape index (κ2) is 4.62. The molecule has 98 valence electrons. The maximum atomic E-state index is 4.58. The van der Waals surface area contributed by atoms with Gasteiger partial charge in [-0.3, -0.25) is 0 Å². The van der Waals surface area contributed by atoms with Gasteiger partial charge < -0.3 is 9.88 Å². The highest BCUT2D eigenvalue weighted by Crippen LogP contribution is 2.28. The van der Waals surface area contributed by atoms with Gasteiger partial charge in [0, 0.05) is 7.05 Å². The van der Waals surface area contributed by atoms with Gasteiger partial charge in [0.1, 0.15) is 6.33 Å². The van der Waals surface area contributed by atoms with Crippen molar-refractivity contribution in [1.29, 1.82) is 0 Å². The molecule has 0 bridgehead atoms. The molecule has 1 atom stereocenters. The Morgan fingerprint density at radius 1 is 1.37 bits per heavy atom. The molecule has 0 aliphatic heterocycles.